The van der Waals surface area contributed by atoms with Crippen LogP contribution in [0.2, 0.25) is 0 Å². The summed E-state index contributed by atoms with van der Waals surface area (Å²) in [5.74, 6) is -0.0125. The second-order valence-electron chi connectivity index (χ2n) is 5.46. The van der Waals surface area contributed by atoms with E-state index in [0.29, 0.717) is 22.9 Å². The summed E-state index contributed by atoms with van der Waals surface area (Å²) < 4.78 is 15.4. The number of methoxy groups -OCH3 is 2. The number of carbonyl (C=O) groups is 2. The molecule has 134 valence electrons. The second-order valence-corrected chi connectivity index (χ2v) is 5.46. The molecule has 1 heterocycles. The van der Waals surface area contributed by atoms with E-state index in [2.05, 4.69) is 10.3 Å². The number of ether oxygens (including phenoxy) is 3. The number of aromatic nitrogens is 1. The molecule has 0 fully saturated rings. The molecule has 0 aliphatic heterocycles. The van der Waals surface area contributed by atoms with Gasteiger partial charge in [0, 0.05) is 22.7 Å². The maximum atomic E-state index is 12.1. The molecule has 0 atom stereocenters. The molecule has 0 saturated heterocycles. The van der Waals surface area contributed by atoms with Crippen LogP contribution in [0, 0.1) is 0 Å². The number of anilines is 1. The molecule has 2 N–H and O–H groups in total. The van der Waals surface area contributed by atoms with Crippen LogP contribution < -0.4 is 14.8 Å². The Morgan fingerprint density at radius 1 is 1.00 bits per heavy atom. The molecule has 0 saturated carbocycles. The topological polar surface area (TPSA) is 89.6 Å². The molecule has 0 bridgehead atoms. The number of benzene rings is 2. The smallest absolute Gasteiger partial charge is 0.355 e. The summed E-state index contributed by atoms with van der Waals surface area (Å²) in [4.78, 5) is 27.0. The van der Waals surface area contributed by atoms with Crippen molar-refractivity contribution >= 4 is 28.5 Å². The van der Waals surface area contributed by atoms with Crippen molar-refractivity contribution < 1.29 is 23.8 Å². The molecule has 0 aliphatic rings. The minimum Gasteiger partial charge on any atom is -0.493 e. The zero-order valence-corrected chi connectivity index (χ0v) is 14.4. The first-order valence-corrected chi connectivity index (χ1v) is 7.87. The zero-order valence-electron chi connectivity index (χ0n) is 14.4. The minimum atomic E-state index is -0.594. The fourth-order valence-corrected chi connectivity index (χ4v) is 2.50. The summed E-state index contributed by atoms with van der Waals surface area (Å²) in [6.07, 6.45) is 0. The lowest BCUT2D eigenvalue weighted by atomic mass is 10.2. The standard InChI is InChI=1S/C19H18N2O5/c1-24-16-8-7-13(10-17(16)25-2)20-18(22)11-26-19(23)15-9-12-5-3-4-6-14(12)21-15/h3-10,21H,11H2,1-2H3,(H,20,22). The first kappa shape index (κ1) is 17.3. The number of carbonyl (C=O) groups excluding carboxylic acids is 2. The van der Waals surface area contributed by atoms with E-state index in [1.54, 1.807) is 24.3 Å². The Bertz CT molecular complexity index is 915. The fourth-order valence-electron chi connectivity index (χ4n) is 2.50. The van der Waals surface area contributed by atoms with Crippen molar-refractivity contribution in [2.24, 2.45) is 0 Å². The molecule has 0 radical (unpaired) electrons. The van der Waals surface area contributed by atoms with Crippen molar-refractivity contribution in [3.05, 3.63) is 54.2 Å². The third kappa shape index (κ3) is 3.77. The summed E-state index contributed by atoms with van der Waals surface area (Å²) in [6, 6.07) is 14.1. The van der Waals surface area contributed by atoms with Gasteiger partial charge in [0.05, 0.1) is 14.2 Å². The summed E-state index contributed by atoms with van der Waals surface area (Å²) >= 11 is 0. The number of aromatic amines is 1. The Kier molecular flexibility index (Phi) is 5.07. The van der Waals surface area contributed by atoms with E-state index < -0.39 is 18.5 Å². The quantitative estimate of drug-likeness (QED) is 0.664. The highest BCUT2D eigenvalue weighted by atomic mass is 16.5. The molecule has 1 amide bonds. The van der Waals surface area contributed by atoms with Crippen LogP contribution in [-0.4, -0.2) is 37.7 Å². The van der Waals surface area contributed by atoms with Crippen LogP contribution in [0.25, 0.3) is 10.9 Å². The SMILES string of the molecule is COc1ccc(NC(=O)COC(=O)c2cc3ccccc3[nH]2)cc1OC. The lowest BCUT2D eigenvalue weighted by Gasteiger charge is -2.10. The zero-order chi connectivity index (χ0) is 18.5. The summed E-state index contributed by atoms with van der Waals surface area (Å²) in [5, 5.41) is 3.54. The molecular weight excluding hydrogens is 336 g/mol. The summed E-state index contributed by atoms with van der Waals surface area (Å²) in [5.41, 5.74) is 1.63. The number of nitrogens with one attached hydrogen (secondary N) is 2. The van der Waals surface area contributed by atoms with Gasteiger partial charge in [0.15, 0.2) is 18.1 Å². The van der Waals surface area contributed by atoms with Crippen molar-refractivity contribution in [3.63, 3.8) is 0 Å². The van der Waals surface area contributed by atoms with Gasteiger partial charge in [-0.25, -0.2) is 4.79 Å². The van der Waals surface area contributed by atoms with Crippen molar-refractivity contribution in [2.75, 3.05) is 26.1 Å². The highest BCUT2D eigenvalue weighted by Gasteiger charge is 2.13. The van der Waals surface area contributed by atoms with Crippen molar-refractivity contribution in [1.29, 1.82) is 0 Å². The lowest BCUT2D eigenvalue weighted by Crippen LogP contribution is -2.21. The average Bonchev–Trinajstić information content (AvgIpc) is 3.10. The van der Waals surface area contributed by atoms with Crippen molar-refractivity contribution in [2.45, 2.75) is 0 Å². The molecular formula is C19H18N2O5. The van der Waals surface area contributed by atoms with Gasteiger partial charge in [-0.2, -0.15) is 0 Å². The molecule has 26 heavy (non-hydrogen) atoms. The van der Waals surface area contributed by atoms with Crippen molar-refractivity contribution in [3.8, 4) is 11.5 Å². The highest BCUT2D eigenvalue weighted by molar-refractivity contribution is 5.97. The number of esters is 1. The monoisotopic (exact) mass is 354 g/mol. The molecule has 7 heteroatoms. The Hall–Kier alpha value is -3.48. The van der Waals surface area contributed by atoms with E-state index in [9.17, 15) is 9.59 Å². The van der Waals surface area contributed by atoms with Crippen LogP contribution in [0.1, 0.15) is 10.5 Å². The van der Waals surface area contributed by atoms with E-state index in [1.165, 1.54) is 14.2 Å². The number of hydrogen-bond acceptors (Lipinski definition) is 5. The lowest BCUT2D eigenvalue weighted by molar-refractivity contribution is -0.119. The summed E-state index contributed by atoms with van der Waals surface area (Å²) in [7, 11) is 3.03. The van der Waals surface area contributed by atoms with Gasteiger partial charge < -0.3 is 24.5 Å². The Labute approximate surface area is 149 Å². The van der Waals surface area contributed by atoms with Gasteiger partial charge in [0.2, 0.25) is 0 Å². The molecule has 0 aliphatic carbocycles. The van der Waals surface area contributed by atoms with Gasteiger partial charge in [-0.15, -0.1) is 0 Å². The Balaban J connectivity index is 1.59. The average molecular weight is 354 g/mol. The van der Waals surface area contributed by atoms with Gasteiger partial charge in [0.25, 0.3) is 5.91 Å². The Morgan fingerprint density at radius 3 is 2.50 bits per heavy atom. The van der Waals surface area contributed by atoms with Crippen molar-refractivity contribution in [1.82, 2.24) is 4.98 Å². The van der Waals surface area contributed by atoms with E-state index in [4.69, 9.17) is 14.2 Å². The molecule has 0 unspecified atom stereocenters. The normalized spacial score (nSPS) is 10.4. The maximum absolute atomic E-state index is 12.1. The van der Waals surface area contributed by atoms with E-state index in [1.807, 2.05) is 24.3 Å². The first-order valence-electron chi connectivity index (χ1n) is 7.87. The first-order chi connectivity index (χ1) is 12.6. The molecule has 1 aromatic heterocycles. The third-order valence-electron chi connectivity index (χ3n) is 3.75. The number of para-hydroxylation sites is 1. The Morgan fingerprint density at radius 2 is 1.77 bits per heavy atom. The van der Waals surface area contributed by atoms with Gasteiger partial charge in [-0.1, -0.05) is 18.2 Å². The van der Waals surface area contributed by atoms with Crippen LogP contribution in [0.3, 0.4) is 0 Å². The second kappa shape index (κ2) is 7.60. The highest BCUT2D eigenvalue weighted by Crippen LogP contribution is 2.29. The fraction of sp³-hybridized carbons (Fsp3) is 0.158. The largest absolute Gasteiger partial charge is 0.493 e. The van der Waals surface area contributed by atoms with Crippen LogP contribution in [0.15, 0.2) is 48.5 Å². The van der Waals surface area contributed by atoms with Crippen LogP contribution in [-0.2, 0) is 9.53 Å². The van der Waals surface area contributed by atoms with E-state index in [0.717, 1.165) is 10.9 Å². The number of amides is 1. The molecule has 3 rings (SSSR count). The van der Waals surface area contributed by atoms with Crippen LogP contribution in [0.4, 0.5) is 5.69 Å². The number of hydrogen-bond donors (Lipinski definition) is 2. The van der Waals surface area contributed by atoms with E-state index in [-0.39, 0.29) is 0 Å². The van der Waals surface area contributed by atoms with E-state index >= 15 is 0 Å². The number of rotatable bonds is 6. The molecule has 7 nitrogen and oxygen atoms in total. The third-order valence-corrected chi connectivity index (χ3v) is 3.75. The minimum absolute atomic E-state index is 0.296. The molecule has 2 aromatic carbocycles. The summed E-state index contributed by atoms with van der Waals surface area (Å²) in [6.45, 7) is -0.400. The predicted octanol–water partition coefficient (Wildman–Crippen LogP) is 2.98. The number of H-pyrrole nitrogens is 1. The predicted molar refractivity (Wildman–Crippen MR) is 96.8 cm³/mol. The van der Waals surface area contributed by atoms with Gasteiger partial charge in [-0.3, -0.25) is 4.79 Å². The maximum Gasteiger partial charge on any atom is 0.355 e. The number of fused-ring (bicyclic) bond motifs is 1. The molecule has 0 spiro atoms. The van der Waals surface area contributed by atoms with Crippen LogP contribution >= 0.6 is 0 Å². The van der Waals surface area contributed by atoms with Crippen LogP contribution in [0.5, 0.6) is 11.5 Å². The van der Waals surface area contributed by atoms with Gasteiger partial charge in [-0.05, 0) is 24.3 Å². The molecule has 3 aromatic rings. The van der Waals surface area contributed by atoms with Gasteiger partial charge in [0.1, 0.15) is 5.69 Å². The van der Waals surface area contributed by atoms with Gasteiger partial charge >= 0.3 is 5.97 Å².